The molecule has 0 aliphatic heterocycles. The van der Waals surface area contributed by atoms with Crippen molar-refractivity contribution in [2.75, 3.05) is 13.2 Å². The molecule has 0 radical (unpaired) electrons. The van der Waals surface area contributed by atoms with E-state index in [-0.39, 0.29) is 18.5 Å². The number of rotatable bonds is 63. The van der Waals surface area contributed by atoms with Gasteiger partial charge in [-0.15, -0.1) is 0 Å². The van der Waals surface area contributed by atoms with E-state index in [0.29, 0.717) is 25.9 Å². The van der Waals surface area contributed by atoms with Crippen LogP contribution in [0.3, 0.4) is 0 Å². The van der Waals surface area contributed by atoms with Crippen molar-refractivity contribution in [3.05, 3.63) is 24.3 Å². The van der Waals surface area contributed by atoms with Gasteiger partial charge < -0.3 is 20.3 Å². The van der Waals surface area contributed by atoms with Crippen LogP contribution in [0.15, 0.2) is 24.3 Å². The highest BCUT2D eigenvalue weighted by Gasteiger charge is 2.20. The summed E-state index contributed by atoms with van der Waals surface area (Å²) in [5, 5.41) is 23.3. The Hall–Kier alpha value is -1.66. The molecule has 0 spiro atoms. The maximum absolute atomic E-state index is 12.5. The van der Waals surface area contributed by atoms with Crippen LogP contribution < -0.4 is 5.32 Å². The number of aliphatic hydroxyl groups excluding tert-OH is 2. The molecule has 6 nitrogen and oxygen atoms in total. The number of esters is 1. The van der Waals surface area contributed by atoms with Gasteiger partial charge in [0.15, 0.2) is 0 Å². The topological polar surface area (TPSA) is 95.9 Å². The molecule has 0 aromatic heterocycles. The highest BCUT2D eigenvalue weighted by molar-refractivity contribution is 5.76. The molecular formula is C68H131NO5. The van der Waals surface area contributed by atoms with Gasteiger partial charge in [0.05, 0.1) is 25.4 Å². The van der Waals surface area contributed by atoms with Crippen molar-refractivity contribution in [2.24, 2.45) is 0 Å². The van der Waals surface area contributed by atoms with Gasteiger partial charge in [0, 0.05) is 12.8 Å². The fourth-order valence-corrected chi connectivity index (χ4v) is 10.6. The lowest BCUT2D eigenvalue weighted by Gasteiger charge is -2.22. The molecule has 0 aromatic rings. The number of hydrogen-bond acceptors (Lipinski definition) is 5. The SMILES string of the molecule is CCCCCCCCCCCCCCCCC(=O)OCCCCCCCCCCC/C=C\C/C=C\CCCCCCCCCCCCCCCC(=O)NC(CO)C(O)CCCCCCCCCCCCCCCC. The smallest absolute Gasteiger partial charge is 0.305 e. The molecule has 0 fully saturated rings. The Bertz CT molecular complexity index is 1150. The van der Waals surface area contributed by atoms with Crippen molar-refractivity contribution in [1.82, 2.24) is 5.32 Å². The Labute approximate surface area is 462 Å². The van der Waals surface area contributed by atoms with Crippen molar-refractivity contribution < 1.29 is 24.5 Å². The number of carbonyl (C=O) groups is 2. The minimum absolute atomic E-state index is 0.0148. The van der Waals surface area contributed by atoms with Crippen LogP contribution >= 0.6 is 0 Å². The zero-order valence-electron chi connectivity index (χ0n) is 50.1. The monoisotopic (exact) mass is 1040 g/mol. The first-order valence-corrected chi connectivity index (χ1v) is 33.6. The fraction of sp³-hybridized carbons (Fsp3) is 0.912. The van der Waals surface area contributed by atoms with Crippen molar-refractivity contribution >= 4 is 11.9 Å². The lowest BCUT2D eigenvalue weighted by Crippen LogP contribution is -2.45. The first kappa shape index (κ1) is 72.3. The molecular weight excluding hydrogens is 911 g/mol. The van der Waals surface area contributed by atoms with Gasteiger partial charge in [-0.05, 0) is 57.8 Å². The Morgan fingerprint density at radius 3 is 1.03 bits per heavy atom. The van der Waals surface area contributed by atoms with Crippen molar-refractivity contribution in [1.29, 1.82) is 0 Å². The van der Waals surface area contributed by atoms with E-state index in [9.17, 15) is 19.8 Å². The third-order valence-corrected chi connectivity index (χ3v) is 15.8. The summed E-state index contributed by atoms with van der Waals surface area (Å²) >= 11 is 0. The number of unbranched alkanes of at least 4 members (excludes halogenated alkanes) is 48. The molecule has 0 saturated heterocycles. The van der Waals surface area contributed by atoms with E-state index in [1.54, 1.807) is 0 Å². The van der Waals surface area contributed by atoms with E-state index < -0.39 is 12.1 Å². The zero-order chi connectivity index (χ0) is 53.6. The molecule has 2 atom stereocenters. The van der Waals surface area contributed by atoms with Gasteiger partial charge in [-0.1, -0.05) is 327 Å². The Morgan fingerprint density at radius 2 is 0.676 bits per heavy atom. The van der Waals surface area contributed by atoms with Gasteiger partial charge in [0.2, 0.25) is 5.91 Å². The number of aliphatic hydroxyl groups is 2. The van der Waals surface area contributed by atoms with E-state index in [0.717, 1.165) is 44.9 Å². The van der Waals surface area contributed by atoms with Crippen LogP contribution in [0.2, 0.25) is 0 Å². The highest BCUT2D eigenvalue weighted by atomic mass is 16.5. The predicted octanol–water partition coefficient (Wildman–Crippen LogP) is 21.4. The second-order valence-electron chi connectivity index (χ2n) is 23.2. The number of allylic oxidation sites excluding steroid dienone is 4. The van der Waals surface area contributed by atoms with Crippen LogP contribution in [-0.4, -0.2) is 47.4 Å². The van der Waals surface area contributed by atoms with Gasteiger partial charge in [-0.2, -0.15) is 0 Å². The quantitative estimate of drug-likeness (QED) is 0.0320. The summed E-state index contributed by atoms with van der Waals surface area (Å²) in [5.74, 6) is -0.0191. The second-order valence-corrected chi connectivity index (χ2v) is 23.2. The molecule has 0 rings (SSSR count). The molecule has 6 heteroatoms. The summed E-state index contributed by atoms with van der Waals surface area (Å²) < 4.78 is 5.49. The van der Waals surface area contributed by atoms with Crippen molar-refractivity contribution in [3.63, 3.8) is 0 Å². The average molecular weight is 1040 g/mol. The summed E-state index contributed by atoms with van der Waals surface area (Å²) in [6, 6.07) is -0.541. The molecule has 438 valence electrons. The van der Waals surface area contributed by atoms with Gasteiger partial charge in [-0.3, -0.25) is 9.59 Å². The lowest BCUT2D eigenvalue weighted by atomic mass is 10.0. The normalized spacial score (nSPS) is 12.6. The van der Waals surface area contributed by atoms with Gasteiger partial charge in [0.1, 0.15) is 0 Å². The minimum atomic E-state index is -0.664. The number of amides is 1. The van der Waals surface area contributed by atoms with E-state index in [4.69, 9.17) is 4.74 Å². The Morgan fingerprint density at radius 1 is 0.378 bits per heavy atom. The molecule has 0 heterocycles. The molecule has 0 bridgehead atoms. The Balaban J connectivity index is 3.39. The molecule has 0 aliphatic rings. The van der Waals surface area contributed by atoms with Gasteiger partial charge >= 0.3 is 5.97 Å². The summed E-state index contributed by atoms with van der Waals surface area (Å²) in [5.41, 5.74) is 0. The summed E-state index contributed by atoms with van der Waals surface area (Å²) in [7, 11) is 0. The largest absolute Gasteiger partial charge is 0.466 e. The standard InChI is InChI=1S/C68H131NO5/c1-3-5-7-9-11-13-15-17-36-40-44-48-52-56-60-66(71)65(64-70)69-67(72)61-57-53-49-45-41-37-34-32-30-28-26-24-22-20-19-21-23-25-27-29-31-33-35-39-43-47-51-55-59-63-74-68(73)62-58-54-50-46-42-38-18-16-14-12-10-8-6-4-2/h19,21,25,27,65-66,70-71H,3-18,20,22-24,26,28-64H2,1-2H3,(H,69,72)/b21-19-,27-25-. The first-order chi connectivity index (χ1) is 36.5. The third kappa shape index (κ3) is 59.6. The highest BCUT2D eigenvalue weighted by Crippen LogP contribution is 2.18. The van der Waals surface area contributed by atoms with Crippen LogP contribution in [0.1, 0.15) is 373 Å². The molecule has 0 aromatic carbocycles. The van der Waals surface area contributed by atoms with Gasteiger partial charge in [0.25, 0.3) is 0 Å². The van der Waals surface area contributed by atoms with E-state index in [2.05, 4.69) is 43.5 Å². The van der Waals surface area contributed by atoms with Crippen molar-refractivity contribution in [2.45, 2.75) is 386 Å². The maximum atomic E-state index is 12.5. The fourth-order valence-electron chi connectivity index (χ4n) is 10.6. The lowest BCUT2D eigenvalue weighted by molar-refractivity contribution is -0.143. The van der Waals surface area contributed by atoms with Crippen LogP contribution in [0, 0.1) is 0 Å². The average Bonchev–Trinajstić information content (AvgIpc) is 3.40. The summed E-state index contributed by atoms with van der Waals surface area (Å²) in [4.78, 5) is 24.5. The summed E-state index contributed by atoms with van der Waals surface area (Å²) in [6.07, 6.45) is 79.3. The van der Waals surface area contributed by atoms with Crippen LogP contribution in [0.5, 0.6) is 0 Å². The van der Waals surface area contributed by atoms with E-state index in [1.807, 2.05) is 0 Å². The first-order valence-electron chi connectivity index (χ1n) is 33.6. The van der Waals surface area contributed by atoms with E-state index in [1.165, 1.54) is 295 Å². The molecule has 0 aliphatic carbocycles. The van der Waals surface area contributed by atoms with E-state index >= 15 is 0 Å². The summed E-state index contributed by atoms with van der Waals surface area (Å²) in [6.45, 7) is 4.98. The van der Waals surface area contributed by atoms with Crippen LogP contribution in [0.4, 0.5) is 0 Å². The second kappa shape index (κ2) is 63.9. The van der Waals surface area contributed by atoms with Crippen LogP contribution in [-0.2, 0) is 14.3 Å². The van der Waals surface area contributed by atoms with Crippen LogP contribution in [0.25, 0.3) is 0 Å². The number of hydrogen-bond donors (Lipinski definition) is 3. The maximum Gasteiger partial charge on any atom is 0.305 e. The van der Waals surface area contributed by atoms with Gasteiger partial charge in [-0.25, -0.2) is 0 Å². The third-order valence-electron chi connectivity index (χ3n) is 15.8. The number of carbonyl (C=O) groups excluding carboxylic acids is 2. The molecule has 2 unspecified atom stereocenters. The molecule has 1 amide bonds. The predicted molar refractivity (Wildman–Crippen MR) is 324 cm³/mol. The molecule has 0 saturated carbocycles. The molecule has 74 heavy (non-hydrogen) atoms. The number of ether oxygens (including phenoxy) is 1. The molecule has 3 N–H and O–H groups in total. The zero-order valence-corrected chi connectivity index (χ0v) is 50.1. The number of nitrogens with one attached hydrogen (secondary N) is 1. The Kier molecular flexibility index (Phi) is 62.4. The minimum Gasteiger partial charge on any atom is -0.466 e. The van der Waals surface area contributed by atoms with Crippen molar-refractivity contribution in [3.8, 4) is 0 Å².